The van der Waals surface area contributed by atoms with Crippen LogP contribution in [0.5, 0.6) is 0 Å². The molecular formula is C27H31NO5P2S. The van der Waals surface area contributed by atoms with E-state index in [9.17, 15) is 4.79 Å². The SMILES string of the molecule is O=C(COCCOCCOCCSC(c1ccccc1)(c1ccccc1)c1ccccc1)OP=NP. The smallest absolute Gasteiger partial charge is 0.341 e. The van der Waals surface area contributed by atoms with Crippen molar-refractivity contribution in [3.8, 4) is 0 Å². The second kappa shape index (κ2) is 16.6. The first-order valence-corrected chi connectivity index (χ1v) is 13.9. The van der Waals surface area contributed by atoms with Crippen molar-refractivity contribution in [3.63, 3.8) is 0 Å². The van der Waals surface area contributed by atoms with Gasteiger partial charge in [-0.1, -0.05) is 91.0 Å². The van der Waals surface area contributed by atoms with Gasteiger partial charge in [0, 0.05) is 5.75 Å². The molecule has 0 amide bonds. The lowest BCUT2D eigenvalue weighted by atomic mass is 9.84. The van der Waals surface area contributed by atoms with Gasteiger partial charge in [-0.3, -0.25) is 0 Å². The summed E-state index contributed by atoms with van der Waals surface area (Å²) in [5.41, 5.74) is 3.71. The van der Waals surface area contributed by atoms with Crippen molar-refractivity contribution in [1.29, 1.82) is 0 Å². The summed E-state index contributed by atoms with van der Waals surface area (Å²) in [5.74, 6) is 0.354. The Morgan fingerprint density at radius 1 is 0.722 bits per heavy atom. The third-order valence-electron chi connectivity index (χ3n) is 5.24. The zero-order chi connectivity index (χ0) is 25.3. The molecule has 9 heteroatoms. The number of ether oxygens (including phenoxy) is 3. The molecule has 0 bridgehead atoms. The first-order valence-electron chi connectivity index (χ1n) is 11.6. The van der Waals surface area contributed by atoms with E-state index < -0.39 is 5.97 Å². The zero-order valence-electron chi connectivity index (χ0n) is 20.0. The molecule has 0 saturated carbocycles. The van der Waals surface area contributed by atoms with Gasteiger partial charge >= 0.3 is 5.97 Å². The van der Waals surface area contributed by atoms with Crippen LogP contribution >= 0.6 is 29.8 Å². The van der Waals surface area contributed by atoms with Crippen molar-refractivity contribution in [1.82, 2.24) is 0 Å². The highest BCUT2D eigenvalue weighted by molar-refractivity contribution is 8.00. The number of thioether (sulfide) groups is 1. The first-order chi connectivity index (χ1) is 17.8. The number of nitrogens with zero attached hydrogens (tertiary/aromatic N) is 1. The fraction of sp³-hybridized carbons (Fsp3) is 0.296. The van der Waals surface area contributed by atoms with Crippen LogP contribution in [0.15, 0.2) is 95.5 Å². The molecule has 0 aliphatic heterocycles. The largest absolute Gasteiger partial charge is 0.387 e. The highest BCUT2D eigenvalue weighted by atomic mass is 32.2. The maximum atomic E-state index is 11.3. The van der Waals surface area contributed by atoms with Gasteiger partial charge in [-0.05, 0) is 26.1 Å². The summed E-state index contributed by atoms with van der Waals surface area (Å²) in [6.07, 6.45) is 0. The lowest BCUT2D eigenvalue weighted by Crippen LogP contribution is -2.26. The molecule has 0 aromatic heterocycles. The topological polar surface area (TPSA) is 66.4 Å². The third-order valence-corrected chi connectivity index (χ3v) is 7.41. The van der Waals surface area contributed by atoms with Crippen LogP contribution in [-0.4, -0.2) is 51.4 Å². The van der Waals surface area contributed by atoms with Crippen molar-refractivity contribution in [3.05, 3.63) is 108 Å². The van der Waals surface area contributed by atoms with Crippen molar-refractivity contribution >= 4 is 35.7 Å². The molecule has 0 N–H and O–H groups in total. The molecule has 0 spiro atoms. The Kier molecular flexibility index (Phi) is 13.1. The number of carbonyl (C=O) groups excluding carboxylic acids is 1. The summed E-state index contributed by atoms with van der Waals surface area (Å²) in [5, 5.41) is 0. The summed E-state index contributed by atoms with van der Waals surface area (Å²) in [4.78, 5) is 11.3. The van der Waals surface area contributed by atoms with Crippen LogP contribution in [0.1, 0.15) is 16.7 Å². The molecular weight excluding hydrogens is 512 g/mol. The Morgan fingerprint density at radius 3 is 1.64 bits per heavy atom. The van der Waals surface area contributed by atoms with E-state index in [4.69, 9.17) is 18.7 Å². The van der Waals surface area contributed by atoms with Gasteiger partial charge in [0.1, 0.15) is 6.61 Å². The summed E-state index contributed by atoms with van der Waals surface area (Å²) in [6.45, 7) is 2.14. The fourth-order valence-electron chi connectivity index (χ4n) is 3.71. The highest BCUT2D eigenvalue weighted by Gasteiger charge is 2.36. The van der Waals surface area contributed by atoms with Crippen molar-refractivity contribution < 1.29 is 23.5 Å². The van der Waals surface area contributed by atoms with Gasteiger partial charge < -0.3 is 18.7 Å². The standard InChI is InChI=1S/C27H31NO5P2S/c29-26(33-35-28-34)22-32-19-18-30-16-17-31-20-21-36-27(23-10-4-1-5-11-23,24-12-6-2-7-13-24)25-14-8-3-9-15-25/h1-15H,16-22,34H2. The van der Waals surface area contributed by atoms with Crippen molar-refractivity contribution in [2.75, 3.05) is 45.4 Å². The first kappa shape index (κ1) is 28.5. The lowest BCUT2D eigenvalue weighted by molar-refractivity contribution is -0.138. The fourth-order valence-corrected chi connectivity index (χ4v) is 5.46. The van der Waals surface area contributed by atoms with E-state index in [-0.39, 0.29) is 20.0 Å². The molecule has 0 radical (unpaired) electrons. The summed E-state index contributed by atoms with van der Waals surface area (Å²) < 4.78 is 24.6. The average molecular weight is 544 g/mol. The minimum Gasteiger partial charge on any atom is -0.387 e. The van der Waals surface area contributed by atoms with E-state index in [0.717, 1.165) is 5.75 Å². The normalized spacial score (nSPS) is 11.6. The number of rotatable bonds is 16. The minimum atomic E-state index is -0.457. The third kappa shape index (κ3) is 8.77. The highest BCUT2D eigenvalue weighted by Crippen LogP contribution is 2.48. The summed E-state index contributed by atoms with van der Waals surface area (Å²) in [7, 11) is 2.37. The van der Waals surface area contributed by atoms with E-state index in [1.165, 1.54) is 16.7 Å². The molecule has 0 saturated heterocycles. The van der Waals surface area contributed by atoms with E-state index in [0.29, 0.717) is 33.0 Å². The van der Waals surface area contributed by atoms with E-state index in [2.05, 4.69) is 105 Å². The van der Waals surface area contributed by atoms with Gasteiger partial charge in [-0.2, -0.15) is 0 Å². The number of benzene rings is 3. The Morgan fingerprint density at radius 2 is 1.17 bits per heavy atom. The van der Waals surface area contributed by atoms with Crippen LogP contribution in [0.2, 0.25) is 0 Å². The second-order valence-electron chi connectivity index (χ2n) is 7.57. The second-order valence-corrected chi connectivity index (χ2v) is 10.1. The van der Waals surface area contributed by atoms with Crippen molar-refractivity contribution in [2.24, 2.45) is 4.52 Å². The maximum absolute atomic E-state index is 11.3. The van der Waals surface area contributed by atoms with Gasteiger partial charge in [0.15, 0.2) is 0 Å². The van der Waals surface area contributed by atoms with E-state index in [1.807, 2.05) is 11.8 Å². The Labute approximate surface area is 221 Å². The number of hydrogen-bond donors (Lipinski definition) is 0. The zero-order valence-corrected chi connectivity index (χ0v) is 22.9. The molecule has 3 rings (SSSR count). The van der Waals surface area contributed by atoms with Crippen LogP contribution in [0.25, 0.3) is 0 Å². The van der Waals surface area contributed by atoms with Gasteiger partial charge in [-0.25, -0.2) is 9.31 Å². The summed E-state index contributed by atoms with van der Waals surface area (Å²) >= 11 is 1.87. The predicted molar refractivity (Wildman–Crippen MR) is 149 cm³/mol. The molecule has 3 aromatic carbocycles. The lowest BCUT2D eigenvalue weighted by Gasteiger charge is -2.35. The molecule has 6 nitrogen and oxygen atoms in total. The van der Waals surface area contributed by atoms with Gasteiger partial charge in [0.05, 0.1) is 37.8 Å². The molecule has 36 heavy (non-hydrogen) atoms. The molecule has 1 atom stereocenters. The molecule has 0 aliphatic rings. The maximum Gasteiger partial charge on any atom is 0.341 e. The minimum absolute atomic E-state index is 0.115. The molecule has 0 aliphatic carbocycles. The van der Waals surface area contributed by atoms with E-state index >= 15 is 0 Å². The van der Waals surface area contributed by atoms with Crippen LogP contribution in [0.4, 0.5) is 0 Å². The number of hydrogen-bond acceptors (Lipinski definition) is 7. The predicted octanol–water partition coefficient (Wildman–Crippen LogP) is 6.14. The average Bonchev–Trinajstić information content (AvgIpc) is 2.94. The van der Waals surface area contributed by atoms with Crippen molar-refractivity contribution in [2.45, 2.75) is 4.75 Å². The molecule has 3 aromatic rings. The van der Waals surface area contributed by atoms with Crippen LogP contribution in [-0.2, 0) is 28.3 Å². The summed E-state index contributed by atoms with van der Waals surface area (Å²) in [6, 6.07) is 31.9. The van der Waals surface area contributed by atoms with Gasteiger partial charge in [-0.15, -0.1) is 11.8 Å². The molecule has 0 fully saturated rings. The molecule has 0 heterocycles. The molecule has 1 unspecified atom stereocenters. The van der Waals surface area contributed by atoms with Crippen LogP contribution in [0, 0.1) is 0 Å². The van der Waals surface area contributed by atoms with E-state index in [1.54, 1.807) is 0 Å². The Hall–Kier alpha value is -2.11. The molecule has 190 valence electrons. The number of carbonyl (C=O) groups is 1. The van der Waals surface area contributed by atoms with Gasteiger partial charge in [0.2, 0.25) is 8.60 Å². The monoisotopic (exact) mass is 543 g/mol. The Balaban J connectivity index is 1.49. The quantitative estimate of drug-likeness (QED) is 0.123. The van der Waals surface area contributed by atoms with Crippen LogP contribution in [0.3, 0.4) is 0 Å². The Bertz CT molecular complexity index is 945. The van der Waals surface area contributed by atoms with Gasteiger partial charge in [0.25, 0.3) is 0 Å². The van der Waals surface area contributed by atoms with Crippen LogP contribution < -0.4 is 0 Å².